The lowest BCUT2D eigenvalue weighted by atomic mass is 9.68. The summed E-state index contributed by atoms with van der Waals surface area (Å²) in [6, 6.07) is 7.17. The molecule has 2 N–H and O–H groups in total. The molecule has 1 saturated heterocycles. The van der Waals surface area contributed by atoms with Crippen LogP contribution in [0, 0.1) is 17.3 Å². The van der Waals surface area contributed by atoms with Crippen molar-refractivity contribution < 1.29 is 4.79 Å². The predicted molar refractivity (Wildman–Crippen MR) is 107 cm³/mol. The van der Waals surface area contributed by atoms with E-state index in [1.807, 2.05) is 18.2 Å². The second-order valence-electron chi connectivity index (χ2n) is 8.60. The molecule has 0 bridgehead atoms. The van der Waals surface area contributed by atoms with Gasteiger partial charge < -0.3 is 15.5 Å². The Balaban J connectivity index is 1.34. The molecule has 4 rings (SSSR count). The van der Waals surface area contributed by atoms with E-state index < -0.39 is 0 Å². The average molecular weight is 376 g/mol. The Bertz CT molecular complexity index is 640. The third-order valence-corrected chi connectivity index (χ3v) is 6.77. The fraction of sp³-hybridized carbons (Fsp3) is 0.667. The lowest BCUT2D eigenvalue weighted by Crippen LogP contribution is -2.41. The molecular formula is C21H30ClN3O. The molecule has 1 atom stereocenters. The molecule has 0 radical (unpaired) electrons. The van der Waals surface area contributed by atoms with Crippen LogP contribution in [0.2, 0.25) is 5.02 Å². The van der Waals surface area contributed by atoms with E-state index in [2.05, 4.69) is 15.5 Å². The highest BCUT2D eigenvalue weighted by Gasteiger charge is 2.47. The van der Waals surface area contributed by atoms with Gasteiger partial charge in [0.25, 0.3) is 0 Å². The minimum absolute atomic E-state index is 0.126. The number of halogens is 1. The third-order valence-electron chi connectivity index (χ3n) is 6.54. The van der Waals surface area contributed by atoms with Gasteiger partial charge in [0.05, 0.1) is 0 Å². The summed E-state index contributed by atoms with van der Waals surface area (Å²) in [5.74, 6) is 1.51. The number of hydrogen-bond donors (Lipinski definition) is 2. The van der Waals surface area contributed by atoms with Crippen LogP contribution in [0.1, 0.15) is 44.9 Å². The van der Waals surface area contributed by atoms with Crippen LogP contribution in [0.3, 0.4) is 0 Å². The van der Waals surface area contributed by atoms with Crippen LogP contribution in [0.25, 0.3) is 0 Å². The minimum atomic E-state index is -0.126. The zero-order valence-electron chi connectivity index (χ0n) is 15.5. The molecule has 2 amide bonds. The van der Waals surface area contributed by atoms with Crippen molar-refractivity contribution in [3.05, 3.63) is 29.3 Å². The molecule has 4 nitrogen and oxygen atoms in total. The largest absolute Gasteiger partial charge is 0.338 e. The maximum absolute atomic E-state index is 12.3. The molecule has 1 heterocycles. The zero-order chi connectivity index (χ0) is 18.0. The molecule has 0 aromatic heterocycles. The summed E-state index contributed by atoms with van der Waals surface area (Å²) in [6.07, 6.45) is 9.56. The number of likely N-dealkylation sites (tertiary alicyclic amines) is 1. The van der Waals surface area contributed by atoms with Crippen LogP contribution in [0.4, 0.5) is 10.5 Å². The van der Waals surface area contributed by atoms with E-state index in [9.17, 15) is 4.79 Å². The molecule has 3 aliphatic rings. The number of benzene rings is 1. The number of urea groups is 1. The highest BCUT2D eigenvalue weighted by molar-refractivity contribution is 6.30. The van der Waals surface area contributed by atoms with Crippen molar-refractivity contribution in [1.82, 2.24) is 10.2 Å². The van der Waals surface area contributed by atoms with Crippen LogP contribution in [0.15, 0.2) is 24.3 Å². The van der Waals surface area contributed by atoms with Crippen molar-refractivity contribution in [2.45, 2.75) is 44.9 Å². The van der Waals surface area contributed by atoms with E-state index in [0.29, 0.717) is 16.4 Å². The van der Waals surface area contributed by atoms with Gasteiger partial charge in [-0.1, -0.05) is 36.9 Å². The van der Waals surface area contributed by atoms with E-state index in [1.54, 1.807) is 6.07 Å². The molecule has 142 valence electrons. The van der Waals surface area contributed by atoms with Crippen LogP contribution in [-0.2, 0) is 0 Å². The predicted octanol–water partition coefficient (Wildman–Crippen LogP) is 4.75. The summed E-state index contributed by atoms with van der Waals surface area (Å²) in [5, 5.41) is 6.67. The molecule has 2 aliphatic carbocycles. The first-order chi connectivity index (χ1) is 12.6. The zero-order valence-corrected chi connectivity index (χ0v) is 16.2. The Morgan fingerprint density at radius 1 is 1.23 bits per heavy atom. The van der Waals surface area contributed by atoms with Crippen molar-refractivity contribution in [3.8, 4) is 0 Å². The maximum atomic E-state index is 12.3. The molecule has 5 heteroatoms. The number of nitrogens with zero attached hydrogens (tertiary/aromatic N) is 1. The third kappa shape index (κ3) is 4.34. The molecule has 1 aromatic carbocycles. The van der Waals surface area contributed by atoms with Crippen molar-refractivity contribution >= 4 is 23.3 Å². The van der Waals surface area contributed by atoms with E-state index in [1.165, 1.54) is 58.0 Å². The highest BCUT2D eigenvalue weighted by atomic mass is 35.5. The molecule has 2 saturated carbocycles. The number of anilines is 1. The molecule has 1 unspecified atom stereocenters. The van der Waals surface area contributed by atoms with Gasteiger partial charge in [0.1, 0.15) is 0 Å². The van der Waals surface area contributed by atoms with Gasteiger partial charge in [0.15, 0.2) is 0 Å². The lowest BCUT2D eigenvalue weighted by Gasteiger charge is -2.38. The lowest BCUT2D eigenvalue weighted by molar-refractivity contribution is 0.138. The van der Waals surface area contributed by atoms with Crippen LogP contribution in [0.5, 0.6) is 0 Å². The summed E-state index contributed by atoms with van der Waals surface area (Å²) in [5.41, 5.74) is 1.17. The first-order valence-electron chi connectivity index (χ1n) is 10.2. The Labute approximate surface area is 161 Å². The normalized spacial score (nSPS) is 25.3. The topological polar surface area (TPSA) is 44.4 Å². The summed E-state index contributed by atoms with van der Waals surface area (Å²) in [4.78, 5) is 15.0. The van der Waals surface area contributed by atoms with Crippen molar-refractivity contribution in [2.24, 2.45) is 17.3 Å². The molecular weight excluding hydrogens is 346 g/mol. The van der Waals surface area contributed by atoms with Gasteiger partial charge in [-0.05, 0) is 61.1 Å². The van der Waals surface area contributed by atoms with E-state index in [0.717, 1.165) is 24.7 Å². The van der Waals surface area contributed by atoms with E-state index in [-0.39, 0.29) is 6.03 Å². The summed E-state index contributed by atoms with van der Waals surface area (Å²) in [7, 11) is 0. The van der Waals surface area contributed by atoms with Gasteiger partial charge >= 0.3 is 6.03 Å². The van der Waals surface area contributed by atoms with Gasteiger partial charge in [-0.2, -0.15) is 0 Å². The smallest absolute Gasteiger partial charge is 0.319 e. The molecule has 26 heavy (non-hydrogen) atoms. The standard InChI is InChI=1S/C21H30ClN3O/c22-18-5-4-6-19(11-18)24-20(26)23-12-17-14-25(13-16-7-8-16)15-21(17)9-2-1-3-10-21/h4-6,11,16-17H,1-3,7-10,12-15H2,(H2,23,24,26). The van der Waals surface area contributed by atoms with Crippen molar-refractivity contribution in [3.63, 3.8) is 0 Å². The maximum Gasteiger partial charge on any atom is 0.319 e. The number of carbonyl (C=O) groups excluding carboxylic acids is 1. The molecule has 1 spiro atoms. The van der Waals surface area contributed by atoms with Crippen LogP contribution < -0.4 is 10.6 Å². The van der Waals surface area contributed by atoms with Gasteiger partial charge in [0.2, 0.25) is 0 Å². The quantitative estimate of drug-likeness (QED) is 0.779. The van der Waals surface area contributed by atoms with Gasteiger partial charge in [-0.25, -0.2) is 4.79 Å². The molecule has 1 aromatic rings. The highest BCUT2D eigenvalue weighted by Crippen LogP contribution is 2.48. The van der Waals surface area contributed by atoms with Crippen molar-refractivity contribution in [1.29, 1.82) is 0 Å². The Morgan fingerprint density at radius 3 is 2.77 bits per heavy atom. The fourth-order valence-electron chi connectivity index (χ4n) is 5.01. The summed E-state index contributed by atoms with van der Waals surface area (Å²) < 4.78 is 0. The first kappa shape index (κ1) is 18.1. The summed E-state index contributed by atoms with van der Waals surface area (Å²) >= 11 is 5.99. The number of rotatable bonds is 5. The Hall–Kier alpha value is -1.26. The number of hydrogen-bond acceptors (Lipinski definition) is 2. The van der Waals surface area contributed by atoms with E-state index in [4.69, 9.17) is 11.6 Å². The van der Waals surface area contributed by atoms with E-state index >= 15 is 0 Å². The second kappa shape index (κ2) is 7.77. The van der Waals surface area contributed by atoms with Crippen molar-refractivity contribution in [2.75, 3.05) is 31.5 Å². The molecule has 3 fully saturated rings. The van der Waals surface area contributed by atoms with Crippen LogP contribution in [-0.4, -0.2) is 37.1 Å². The van der Waals surface area contributed by atoms with Gasteiger partial charge in [0, 0.05) is 36.9 Å². The fourth-order valence-corrected chi connectivity index (χ4v) is 5.20. The SMILES string of the molecule is O=C(NCC1CN(CC2CC2)CC12CCCCC2)Nc1cccc(Cl)c1. The average Bonchev–Trinajstić information content (AvgIpc) is 3.37. The Kier molecular flexibility index (Phi) is 5.42. The monoisotopic (exact) mass is 375 g/mol. The number of carbonyl (C=O) groups is 1. The minimum Gasteiger partial charge on any atom is -0.338 e. The number of nitrogens with one attached hydrogen (secondary N) is 2. The first-order valence-corrected chi connectivity index (χ1v) is 10.5. The second-order valence-corrected chi connectivity index (χ2v) is 9.04. The van der Waals surface area contributed by atoms with Gasteiger partial charge in [-0.3, -0.25) is 0 Å². The Morgan fingerprint density at radius 2 is 2.04 bits per heavy atom. The van der Waals surface area contributed by atoms with Crippen LogP contribution >= 0.6 is 11.6 Å². The molecule has 1 aliphatic heterocycles. The summed E-state index contributed by atoms with van der Waals surface area (Å²) in [6.45, 7) is 4.43. The number of amides is 2. The van der Waals surface area contributed by atoms with Gasteiger partial charge in [-0.15, -0.1) is 0 Å².